The van der Waals surface area contributed by atoms with Crippen LogP contribution in [0.25, 0.3) is 0 Å². The highest BCUT2D eigenvalue weighted by molar-refractivity contribution is 7.80. The second-order valence-electron chi connectivity index (χ2n) is 2.54. The van der Waals surface area contributed by atoms with Crippen molar-refractivity contribution in [1.29, 1.82) is 0 Å². The Balaban J connectivity index is 2.39. The fourth-order valence-corrected chi connectivity index (χ4v) is 0.953. The molecule has 1 unspecified atom stereocenters. The number of hydrogen-bond acceptors (Lipinski definition) is 2. The van der Waals surface area contributed by atoms with Crippen LogP contribution in [0.4, 0.5) is 0 Å². The second kappa shape index (κ2) is 4.42. The minimum Gasteiger partial charge on any atom is -0.302 e. The van der Waals surface area contributed by atoms with Crippen molar-refractivity contribution in [3.63, 3.8) is 0 Å². The van der Waals surface area contributed by atoms with Crippen molar-refractivity contribution in [1.82, 2.24) is 5.32 Å². The molecule has 60 valence electrons. The molecule has 0 fully saturated rings. The summed E-state index contributed by atoms with van der Waals surface area (Å²) < 4.78 is 0. The van der Waals surface area contributed by atoms with Gasteiger partial charge in [-0.05, 0) is 12.5 Å². The van der Waals surface area contributed by atoms with E-state index in [4.69, 9.17) is 0 Å². The molecule has 0 radical (unpaired) electrons. The summed E-state index contributed by atoms with van der Waals surface area (Å²) in [7, 11) is 0. The minimum atomic E-state index is 0.259. The number of nitrogens with one attached hydrogen (secondary N) is 1. The Morgan fingerprint density at radius 1 is 1.36 bits per heavy atom. The first-order chi connectivity index (χ1) is 5.29. The molecule has 0 bridgehead atoms. The van der Waals surface area contributed by atoms with Gasteiger partial charge in [0.1, 0.15) is 0 Å². The van der Waals surface area contributed by atoms with Gasteiger partial charge in [0.2, 0.25) is 0 Å². The van der Waals surface area contributed by atoms with E-state index >= 15 is 0 Å². The van der Waals surface area contributed by atoms with E-state index in [0.717, 1.165) is 6.54 Å². The van der Waals surface area contributed by atoms with Crippen molar-refractivity contribution in [2.75, 3.05) is 0 Å². The van der Waals surface area contributed by atoms with Crippen LogP contribution in [0.3, 0.4) is 0 Å². The zero-order valence-electron chi connectivity index (χ0n) is 6.62. The highest BCUT2D eigenvalue weighted by atomic mass is 32.1. The average Bonchev–Trinajstić information content (AvgIpc) is 2.03. The molecule has 1 rings (SSSR count). The topological polar surface area (TPSA) is 12.0 Å². The van der Waals surface area contributed by atoms with E-state index in [1.54, 1.807) is 0 Å². The third-order valence-corrected chi connectivity index (χ3v) is 1.63. The van der Waals surface area contributed by atoms with Crippen molar-refractivity contribution in [3.8, 4) is 0 Å². The minimum absolute atomic E-state index is 0.259. The summed E-state index contributed by atoms with van der Waals surface area (Å²) in [5, 5.41) is 3.49. The lowest BCUT2D eigenvalue weighted by atomic mass is 10.2. The zero-order valence-corrected chi connectivity index (χ0v) is 7.51. The van der Waals surface area contributed by atoms with Crippen molar-refractivity contribution < 1.29 is 0 Å². The first-order valence-electron chi connectivity index (χ1n) is 3.74. The zero-order chi connectivity index (χ0) is 8.10. The Morgan fingerprint density at radius 3 is 2.55 bits per heavy atom. The van der Waals surface area contributed by atoms with Crippen LogP contribution in [0, 0.1) is 0 Å². The molecule has 11 heavy (non-hydrogen) atoms. The van der Waals surface area contributed by atoms with Crippen LogP contribution < -0.4 is 5.32 Å². The van der Waals surface area contributed by atoms with Crippen LogP contribution in [-0.2, 0) is 6.54 Å². The summed E-state index contributed by atoms with van der Waals surface area (Å²) >= 11 is 4.22. The van der Waals surface area contributed by atoms with E-state index in [1.165, 1.54) is 5.56 Å². The molecular formula is C9H13NS. The largest absolute Gasteiger partial charge is 0.302 e. The molecule has 1 nitrogen and oxygen atoms in total. The molecule has 0 aliphatic carbocycles. The third kappa shape index (κ3) is 3.44. The molecule has 1 atom stereocenters. The van der Waals surface area contributed by atoms with E-state index in [2.05, 4.69) is 30.1 Å². The molecule has 1 aromatic rings. The number of hydrogen-bond donors (Lipinski definition) is 2. The maximum atomic E-state index is 4.22. The van der Waals surface area contributed by atoms with Crippen molar-refractivity contribution in [2.45, 2.75) is 18.8 Å². The summed E-state index contributed by atoms with van der Waals surface area (Å²) in [5.41, 5.74) is 1.30. The van der Waals surface area contributed by atoms with Gasteiger partial charge in [-0.1, -0.05) is 30.3 Å². The van der Waals surface area contributed by atoms with Gasteiger partial charge in [-0.3, -0.25) is 0 Å². The molecule has 0 aromatic heterocycles. The fourth-order valence-electron chi connectivity index (χ4n) is 0.861. The first kappa shape index (κ1) is 8.62. The van der Waals surface area contributed by atoms with Gasteiger partial charge in [-0.25, -0.2) is 0 Å². The molecule has 0 heterocycles. The number of thiol groups is 1. The molecule has 0 aliphatic rings. The summed E-state index contributed by atoms with van der Waals surface area (Å²) in [6.45, 7) is 2.91. The molecule has 1 N–H and O–H groups in total. The van der Waals surface area contributed by atoms with Gasteiger partial charge < -0.3 is 5.32 Å². The normalized spacial score (nSPS) is 12.9. The summed E-state index contributed by atoms with van der Waals surface area (Å²) in [5.74, 6) is 0. The van der Waals surface area contributed by atoms with E-state index in [-0.39, 0.29) is 5.37 Å². The van der Waals surface area contributed by atoms with E-state index in [9.17, 15) is 0 Å². The summed E-state index contributed by atoms with van der Waals surface area (Å²) in [6.07, 6.45) is 0. The van der Waals surface area contributed by atoms with Crippen LogP contribution in [0.2, 0.25) is 0 Å². The second-order valence-corrected chi connectivity index (χ2v) is 3.32. The first-order valence-corrected chi connectivity index (χ1v) is 4.26. The van der Waals surface area contributed by atoms with Gasteiger partial charge in [-0.2, -0.15) is 12.6 Å². The molecule has 0 amide bonds. The standard InChI is InChI=1S/C9H13NS/c1-8(11)10-7-9-5-3-2-4-6-9/h2-6,8,10-11H,7H2,1H3. The van der Waals surface area contributed by atoms with Gasteiger partial charge in [0.25, 0.3) is 0 Å². The SMILES string of the molecule is CC(S)NCc1ccccc1. The molecule has 1 aromatic carbocycles. The summed E-state index contributed by atoms with van der Waals surface area (Å²) in [4.78, 5) is 0. The molecule has 0 spiro atoms. The van der Waals surface area contributed by atoms with E-state index < -0.39 is 0 Å². The molecule has 0 saturated carbocycles. The molecule has 2 heteroatoms. The van der Waals surface area contributed by atoms with E-state index in [0.29, 0.717) is 0 Å². The van der Waals surface area contributed by atoms with Crippen LogP contribution >= 0.6 is 12.6 Å². The number of rotatable bonds is 3. The highest BCUT2D eigenvalue weighted by Gasteiger charge is 1.92. The van der Waals surface area contributed by atoms with Crippen LogP contribution in [0.15, 0.2) is 30.3 Å². The smallest absolute Gasteiger partial charge is 0.0476 e. The van der Waals surface area contributed by atoms with Gasteiger partial charge in [0.15, 0.2) is 0 Å². The van der Waals surface area contributed by atoms with Crippen LogP contribution in [-0.4, -0.2) is 5.37 Å². The van der Waals surface area contributed by atoms with Crippen LogP contribution in [0.5, 0.6) is 0 Å². The van der Waals surface area contributed by atoms with Crippen LogP contribution in [0.1, 0.15) is 12.5 Å². The van der Waals surface area contributed by atoms with Gasteiger partial charge in [0, 0.05) is 11.9 Å². The Bertz CT molecular complexity index is 196. The Hall–Kier alpha value is -0.470. The monoisotopic (exact) mass is 167 g/mol. The Morgan fingerprint density at radius 2 is 2.00 bits per heavy atom. The Labute approximate surface area is 73.2 Å². The predicted molar refractivity (Wildman–Crippen MR) is 51.7 cm³/mol. The highest BCUT2D eigenvalue weighted by Crippen LogP contribution is 1.98. The maximum Gasteiger partial charge on any atom is 0.0476 e. The average molecular weight is 167 g/mol. The van der Waals surface area contributed by atoms with Gasteiger partial charge in [0.05, 0.1) is 0 Å². The van der Waals surface area contributed by atoms with Gasteiger partial charge >= 0.3 is 0 Å². The van der Waals surface area contributed by atoms with Crippen molar-refractivity contribution in [2.24, 2.45) is 0 Å². The Kier molecular flexibility index (Phi) is 3.46. The van der Waals surface area contributed by atoms with E-state index in [1.807, 2.05) is 25.1 Å². The van der Waals surface area contributed by atoms with Gasteiger partial charge in [-0.15, -0.1) is 0 Å². The van der Waals surface area contributed by atoms with Crippen molar-refractivity contribution in [3.05, 3.63) is 35.9 Å². The quantitative estimate of drug-likeness (QED) is 0.518. The third-order valence-electron chi connectivity index (χ3n) is 1.44. The maximum absolute atomic E-state index is 4.22. The number of benzene rings is 1. The predicted octanol–water partition coefficient (Wildman–Crippen LogP) is 2.05. The van der Waals surface area contributed by atoms with Crippen molar-refractivity contribution >= 4 is 12.6 Å². The fraction of sp³-hybridized carbons (Fsp3) is 0.333. The lowest BCUT2D eigenvalue weighted by Gasteiger charge is -2.06. The lowest BCUT2D eigenvalue weighted by Crippen LogP contribution is -2.19. The summed E-state index contributed by atoms with van der Waals surface area (Å²) in [6, 6.07) is 10.3. The molecular weight excluding hydrogens is 154 g/mol. The molecule has 0 saturated heterocycles. The molecule has 0 aliphatic heterocycles. The lowest BCUT2D eigenvalue weighted by molar-refractivity contribution is 0.691.